The monoisotopic (exact) mass is 354 g/mol. The van der Waals surface area contributed by atoms with E-state index < -0.39 is 13.9 Å². The van der Waals surface area contributed by atoms with Crippen LogP contribution in [0.2, 0.25) is 18.1 Å². The Kier molecular flexibility index (Phi) is 8.67. The van der Waals surface area contributed by atoms with E-state index in [2.05, 4.69) is 53.8 Å². The Hall–Kier alpha value is -0.873. The van der Waals surface area contributed by atoms with Crippen molar-refractivity contribution >= 4 is 14.3 Å². The molecule has 4 heteroatoms. The number of rotatable bonds is 7. The van der Waals surface area contributed by atoms with Gasteiger partial charge >= 0.3 is 5.97 Å². The van der Waals surface area contributed by atoms with Crippen molar-refractivity contribution in [1.82, 2.24) is 0 Å². The second-order valence-electron chi connectivity index (χ2n) is 9.12. The van der Waals surface area contributed by atoms with E-state index in [-0.39, 0.29) is 11.0 Å². The molecule has 0 aromatic carbocycles. The predicted molar refractivity (Wildman–Crippen MR) is 106 cm³/mol. The Morgan fingerprint density at radius 3 is 1.96 bits per heavy atom. The summed E-state index contributed by atoms with van der Waals surface area (Å²) in [7, 11) is -1.81. The van der Waals surface area contributed by atoms with E-state index in [9.17, 15) is 4.79 Å². The summed E-state index contributed by atoms with van der Waals surface area (Å²) < 4.78 is 11.7. The first-order chi connectivity index (χ1) is 10.7. The number of esters is 1. The molecule has 0 N–H and O–H groups in total. The van der Waals surface area contributed by atoms with E-state index >= 15 is 0 Å². The number of hydrogen-bond donors (Lipinski definition) is 0. The van der Waals surface area contributed by atoms with Crippen molar-refractivity contribution in [3.05, 3.63) is 23.3 Å². The van der Waals surface area contributed by atoms with Gasteiger partial charge in [-0.05, 0) is 71.7 Å². The fourth-order valence-electron chi connectivity index (χ4n) is 1.71. The van der Waals surface area contributed by atoms with Crippen molar-refractivity contribution in [2.45, 2.75) is 92.0 Å². The zero-order chi connectivity index (χ0) is 19.2. The highest BCUT2D eigenvalue weighted by Crippen LogP contribution is 2.36. The molecule has 0 radical (unpaired) electrons. The molecule has 0 amide bonds. The lowest BCUT2D eigenvalue weighted by Gasteiger charge is -2.35. The van der Waals surface area contributed by atoms with Crippen molar-refractivity contribution in [1.29, 1.82) is 0 Å². The summed E-state index contributed by atoms with van der Waals surface area (Å²) in [6.07, 6.45) is 5.58. The minimum absolute atomic E-state index is 0.162. The highest BCUT2D eigenvalue weighted by atomic mass is 28.4. The van der Waals surface area contributed by atoms with Crippen molar-refractivity contribution in [2.75, 3.05) is 6.61 Å². The normalized spacial score (nSPS) is 13.7. The van der Waals surface area contributed by atoms with Gasteiger partial charge in [-0.15, -0.1) is 0 Å². The molecule has 0 saturated carbocycles. The smallest absolute Gasteiger partial charge is 0.334 e. The first-order valence-corrected chi connectivity index (χ1v) is 11.8. The summed E-state index contributed by atoms with van der Waals surface area (Å²) in [6, 6.07) is 0. The molecular weight excluding hydrogens is 316 g/mol. The van der Waals surface area contributed by atoms with Crippen LogP contribution in [0.15, 0.2) is 23.3 Å². The van der Waals surface area contributed by atoms with Gasteiger partial charge in [0.05, 0.1) is 6.61 Å². The molecule has 24 heavy (non-hydrogen) atoms. The van der Waals surface area contributed by atoms with Gasteiger partial charge < -0.3 is 9.16 Å². The lowest BCUT2D eigenvalue weighted by atomic mass is 10.1. The van der Waals surface area contributed by atoms with Crippen LogP contribution >= 0.6 is 0 Å². The molecule has 0 aliphatic heterocycles. The maximum atomic E-state index is 12.4. The maximum absolute atomic E-state index is 12.4. The lowest BCUT2D eigenvalue weighted by Crippen LogP contribution is -2.40. The van der Waals surface area contributed by atoms with E-state index in [0.717, 1.165) is 6.42 Å². The summed E-state index contributed by atoms with van der Waals surface area (Å²) in [6.45, 7) is 21.4. The summed E-state index contributed by atoms with van der Waals surface area (Å²) >= 11 is 0. The van der Waals surface area contributed by atoms with E-state index in [4.69, 9.17) is 9.16 Å². The molecule has 0 spiro atoms. The number of carbonyl (C=O) groups excluding carboxylic acids is 1. The molecule has 0 aromatic rings. The third-order valence-corrected chi connectivity index (χ3v) is 8.71. The molecule has 3 nitrogen and oxygen atoms in total. The van der Waals surface area contributed by atoms with E-state index in [1.165, 1.54) is 5.57 Å². The zero-order valence-electron chi connectivity index (χ0n) is 17.5. The second-order valence-corrected chi connectivity index (χ2v) is 13.9. The highest BCUT2D eigenvalue weighted by Gasteiger charge is 2.36. The van der Waals surface area contributed by atoms with Crippen LogP contribution in [-0.4, -0.2) is 26.5 Å². The van der Waals surface area contributed by atoms with Crippen LogP contribution in [0.25, 0.3) is 0 Å². The highest BCUT2D eigenvalue weighted by molar-refractivity contribution is 6.74. The van der Waals surface area contributed by atoms with Gasteiger partial charge in [-0.2, -0.15) is 0 Å². The topological polar surface area (TPSA) is 35.5 Å². The molecule has 140 valence electrons. The third kappa shape index (κ3) is 9.43. The Morgan fingerprint density at radius 2 is 1.54 bits per heavy atom. The van der Waals surface area contributed by atoms with Crippen LogP contribution < -0.4 is 0 Å². The van der Waals surface area contributed by atoms with Gasteiger partial charge in [-0.1, -0.05) is 32.4 Å². The van der Waals surface area contributed by atoms with Crippen molar-refractivity contribution < 1.29 is 14.0 Å². The summed E-state index contributed by atoms with van der Waals surface area (Å²) in [5.74, 6) is -0.233. The third-order valence-electron chi connectivity index (χ3n) is 4.21. The fraction of sp³-hybridized carbons (Fsp3) is 0.750. The zero-order valence-corrected chi connectivity index (χ0v) is 18.5. The lowest BCUT2D eigenvalue weighted by molar-refractivity contribution is -0.150. The Labute approximate surface area is 150 Å². The summed E-state index contributed by atoms with van der Waals surface area (Å²) in [5.41, 5.74) is 1.49. The molecule has 0 saturated heterocycles. The number of allylic oxidation sites excluding steroid dienone is 2. The molecule has 0 rings (SSSR count). The van der Waals surface area contributed by atoms with Crippen LogP contribution in [0, 0.1) is 0 Å². The second kappa shape index (κ2) is 9.00. The van der Waals surface area contributed by atoms with Gasteiger partial charge in [-0.3, -0.25) is 0 Å². The molecule has 0 atom stereocenters. The summed E-state index contributed by atoms with van der Waals surface area (Å²) in [5, 5.41) is 0.162. The van der Waals surface area contributed by atoms with Crippen molar-refractivity contribution in [2.24, 2.45) is 0 Å². The van der Waals surface area contributed by atoms with Crippen molar-refractivity contribution in [3.8, 4) is 0 Å². The molecule has 0 aliphatic rings. The van der Waals surface area contributed by atoms with Crippen molar-refractivity contribution in [3.63, 3.8) is 0 Å². The Morgan fingerprint density at radius 1 is 1.00 bits per heavy atom. The number of ether oxygens (including phenoxy) is 1. The SMILES string of the molecule is CC(C)=CCC/C(=C\CO[Si](C)(C)C(C)(C)C)C(=O)OC(C)(C)C. The van der Waals surface area contributed by atoms with Gasteiger partial charge in [0.2, 0.25) is 0 Å². The average Bonchev–Trinajstić information content (AvgIpc) is 2.32. The Balaban J connectivity index is 5.04. The van der Waals surface area contributed by atoms with E-state index in [1.807, 2.05) is 26.8 Å². The van der Waals surface area contributed by atoms with E-state index in [1.54, 1.807) is 0 Å². The molecule has 0 unspecified atom stereocenters. The minimum Gasteiger partial charge on any atom is -0.457 e. The quantitative estimate of drug-likeness (QED) is 0.242. The minimum atomic E-state index is -1.81. The number of carbonyl (C=O) groups is 1. The van der Waals surface area contributed by atoms with Crippen LogP contribution in [0.3, 0.4) is 0 Å². The first kappa shape index (κ1) is 23.1. The predicted octanol–water partition coefficient (Wildman–Crippen LogP) is 6.02. The van der Waals surface area contributed by atoms with Gasteiger partial charge in [0.1, 0.15) is 5.60 Å². The average molecular weight is 355 g/mol. The molecular formula is C20H38O3Si. The number of hydrogen-bond acceptors (Lipinski definition) is 3. The van der Waals surface area contributed by atoms with Crippen LogP contribution in [0.4, 0.5) is 0 Å². The Bertz CT molecular complexity index is 470. The maximum Gasteiger partial charge on any atom is 0.334 e. The first-order valence-electron chi connectivity index (χ1n) is 8.85. The molecule has 0 heterocycles. The van der Waals surface area contributed by atoms with Gasteiger partial charge in [0, 0.05) is 5.57 Å². The standard InChI is InChI=1S/C20H38O3Si/c1-16(2)12-11-13-17(18(21)23-19(3,4)5)14-15-22-24(9,10)20(6,7)8/h12,14H,11,13,15H2,1-10H3/b17-14+. The van der Waals surface area contributed by atoms with Crippen LogP contribution in [-0.2, 0) is 14.0 Å². The molecule has 0 aliphatic carbocycles. The van der Waals surface area contributed by atoms with Gasteiger partial charge in [0.15, 0.2) is 8.32 Å². The largest absolute Gasteiger partial charge is 0.457 e. The van der Waals surface area contributed by atoms with Crippen LogP contribution in [0.5, 0.6) is 0 Å². The van der Waals surface area contributed by atoms with Crippen LogP contribution in [0.1, 0.15) is 68.2 Å². The van der Waals surface area contributed by atoms with Gasteiger partial charge in [0.25, 0.3) is 0 Å². The van der Waals surface area contributed by atoms with E-state index in [0.29, 0.717) is 18.6 Å². The molecule has 0 aromatic heterocycles. The molecule has 0 bridgehead atoms. The molecule has 0 fully saturated rings. The fourth-order valence-corrected chi connectivity index (χ4v) is 2.65. The summed E-state index contributed by atoms with van der Waals surface area (Å²) in [4.78, 5) is 12.4. The van der Waals surface area contributed by atoms with Gasteiger partial charge in [-0.25, -0.2) is 4.79 Å².